The third-order valence-corrected chi connectivity index (χ3v) is 7.29. The molecule has 2 aliphatic heterocycles. The van der Waals surface area contributed by atoms with Crippen molar-refractivity contribution >= 4 is 16.7 Å². The van der Waals surface area contributed by atoms with Crippen LogP contribution in [0.2, 0.25) is 0 Å². The summed E-state index contributed by atoms with van der Waals surface area (Å²) >= 11 is 0. The van der Waals surface area contributed by atoms with E-state index in [0.29, 0.717) is 5.88 Å². The molecule has 3 aromatic heterocycles. The number of nitrogens with one attached hydrogen (secondary N) is 2. The summed E-state index contributed by atoms with van der Waals surface area (Å²) < 4.78 is 6.06. The minimum absolute atomic E-state index is 0.0658. The number of nitrogens with zero attached hydrogens (tertiary/aromatic N) is 6. The number of fused-ring (bicyclic) bond motifs is 1. The molecule has 9 heteroatoms. The summed E-state index contributed by atoms with van der Waals surface area (Å²) in [5.41, 5.74) is 2.45. The third-order valence-electron chi connectivity index (χ3n) is 7.29. The molecule has 3 aliphatic rings. The van der Waals surface area contributed by atoms with Crippen molar-refractivity contribution in [2.75, 3.05) is 50.7 Å². The molecule has 3 aromatic rings. The van der Waals surface area contributed by atoms with Crippen molar-refractivity contribution in [1.29, 1.82) is 0 Å². The van der Waals surface area contributed by atoms with Crippen LogP contribution >= 0.6 is 0 Å². The van der Waals surface area contributed by atoms with Crippen molar-refractivity contribution in [3.63, 3.8) is 0 Å². The van der Waals surface area contributed by atoms with Crippen LogP contribution in [0.5, 0.6) is 5.88 Å². The second-order valence-corrected chi connectivity index (χ2v) is 9.93. The van der Waals surface area contributed by atoms with Crippen LogP contribution in [0.15, 0.2) is 24.7 Å². The minimum Gasteiger partial charge on any atom is -0.471 e. The van der Waals surface area contributed by atoms with Crippen LogP contribution < -0.4 is 15.0 Å². The number of H-pyrrole nitrogens is 1. The van der Waals surface area contributed by atoms with Crippen molar-refractivity contribution in [2.45, 2.75) is 38.2 Å². The third kappa shape index (κ3) is 4.52. The highest BCUT2D eigenvalue weighted by molar-refractivity contribution is 5.92. The Labute approximate surface area is 194 Å². The van der Waals surface area contributed by atoms with Crippen LogP contribution in [0.4, 0.5) is 5.82 Å². The zero-order valence-corrected chi connectivity index (χ0v) is 19.3. The largest absolute Gasteiger partial charge is 0.471 e. The summed E-state index contributed by atoms with van der Waals surface area (Å²) in [5.74, 6) is 2.40. The van der Waals surface area contributed by atoms with Gasteiger partial charge in [0.05, 0.1) is 17.4 Å². The van der Waals surface area contributed by atoms with Gasteiger partial charge in [-0.1, -0.05) is 0 Å². The van der Waals surface area contributed by atoms with Crippen molar-refractivity contribution in [3.05, 3.63) is 24.7 Å². The molecular weight excluding hydrogens is 416 g/mol. The van der Waals surface area contributed by atoms with Gasteiger partial charge in [0, 0.05) is 63.3 Å². The standard InChI is InChI=1S/C24H32N8O/c1-24(4-5-24)33-22-12-18-20(14-26-22)29-30-23(18)19-13-21(28-16-27-19)32-8-2-17(3-9-32)15-31-10-6-25-7-11-31/h12-14,16-17,25H,2-11,15H2,1H3,(H,29,30). The molecule has 9 nitrogen and oxygen atoms in total. The first-order chi connectivity index (χ1) is 16.2. The lowest BCUT2D eigenvalue weighted by atomic mass is 9.96. The van der Waals surface area contributed by atoms with Gasteiger partial charge in [0.15, 0.2) is 0 Å². The molecule has 1 aliphatic carbocycles. The Bertz CT molecular complexity index is 1110. The highest BCUT2D eigenvalue weighted by Crippen LogP contribution is 2.40. The highest BCUT2D eigenvalue weighted by Gasteiger charge is 2.40. The molecule has 6 rings (SSSR count). The maximum Gasteiger partial charge on any atom is 0.214 e. The Balaban J connectivity index is 1.16. The summed E-state index contributed by atoms with van der Waals surface area (Å²) in [6.07, 6.45) is 8.01. The van der Waals surface area contributed by atoms with E-state index in [0.717, 1.165) is 73.0 Å². The molecule has 0 atom stereocenters. The fourth-order valence-corrected chi connectivity index (χ4v) is 4.93. The van der Waals surface area contributed by atoms with Gasteiger partial charge in [0.2, 0.25) is 5.88 Å². The molecule has 0 spiro atoms. The van der Waals surface area contributed by atoms with Gasteiger partial charge < -0.3 is 19.9 Å². The average molecular weight is 449 g/mol. The van der Waals surface area contributed by atoms with Gasteiger partial charge in [0.1, 0.15) is 23.4 Å². The SMILES string of the molecule is CC1(Oc2cc3c(-c4cc(N5CCC(CN6CCNCC6)CC5)ncn4)n[nH]c3cn2)CC1. The Morgan fingerprint density at radius 2 is 1.88 bits per heavy atom. The van der Waals surface area contributed by atoms with Gasteiger partial charge in [-0.2, -0.15) is 5.10 Å². The van der Waals surface area contributed by atoms with Crippen LogP contribution in [0.3, 0.4) is 0 Å². The normalized spacial score (nSPS) is 21.4. The molecular formula is C24H32N8O. The maximum atomic E-state index is 6.06. The van der Waals surface area contributed by atoms with E-state index in [1.807, 2.05) is 6.07 Å². The fourth-order valence-electron chi connectivity index (χ4n) is 4.93. The van der Waals surface area contributed by atoms with Gasteiger partial charge >= 0.3 is 0 Å². The smallest absolute Gasteiger partial charge is 0.214 e. The quantitative estimate of drug-likeness (QED) is 0.594. The topological polar surface area (TPSA) is 95.1 Å². The van der Waals surface area contributed by atoms with Crippen LogP contribution in [-0.2, 0) is 0 Å². The number of aromatic nitrogens is 5. The number of rotatable bonds is 6. The molecule has 33 heavy (non-hydrogen) atoms. The summed E-state index contributed by atoms with van der Waals surface area (Å²) in [6.45, 7) is 10.0. The lowest BCUT2D eigenvalue weighted by molar-refractivity contribution is 0.190. The molecule has 1 saturated carbocycles. The molecule has 0 amide bonds. The molecule has 2 saturated heterocycles. The predicted molar refractivity (Wildman–Crippen MR) is 127 cm³/mol. The minimum atomic E-state index is -0.0658. The Morgan fingerprint density at radius 3 is 2.67 bits per heavy atom. The molecule has 174 valence electrons. The summed E-state index contributed by atoms with van der Waals surface area (Å²) in [6, 6.07) is 4.04. The van der Waals surface area contributed by atoms with Crippen molar-refractivity contribution < 1.29 is 4.74 Å². The van der Waals surface area contributed by atoms with Crippen LogP contribution in [0, 0.1) is 5.92 Å². The van der Waals surface area contributed by atoms with Crippen molar-refractivity contribution in [1.82, 2.24) is 35.4 Å². The number of pyridine rings is 1. The second kappa shape index (κ2) is 8.53. The average Bonchev–Trinajstić information content (AvgIpc) is 3.42. The first-order valence-electron chi connectivity index (χ1n) is 12.2. The summed E-state index contributed by atoms with van der Waals surface area (Å²) in [7, 11) is 0. The number of piperazine rings is 1. The van der Waals surface area contributed by atoms with Crippen LogP contribution in [0.1, 0.15) is 32.6 Å². The zero-order valence-electron chi connectivity index (χ0n) is 19.3. The van der Waals surface area contributed by atoms with E-state index in [1.54, 1.807) is 12.5 Å². The summed E-state index contributed by atoms with van der Waals surface area (Å²) in [5, 5.41) is 12.0. The van der Waals surface area contributed by atoms with Crippen LogP contribution in [-0.4, -0.2) is 81.5 Å². The van der Waals surface area contributed by atoms with E-state index in [9.17, 15) is 0 Å². The Kier molecular flexibility index (Phi) is 5.38. The van der Waals surface area contributed by atoms with Gasteiger partial charge in [-0.15, -0.1) is 0 Å². The molecule has 0 unspecified atom stereocenters. The highest BCUT2D eigenvalue weighted by atomic mass is 16.5. The molecule has 3 fully saturated rings. The molecule has 2 N–H and O–H groups in total. The van der Waals surface area contributed by atoms with Crippen molar-refractivity contribution in [2.24, 2.45) is 5.92 Å². The van der Waals surface area contributed by atoms with E-state index < -0.39 is 0 Å². The van der Waals surface area contributed by atoms with E-state index in [1.165, 1.54) is 32.5 Å². The molecule has 0 radical (unpaired) electrons. The Morgan fingerprint density at radius 1 is 1.06 bits per heavy atom. The molecule has 5 heterocycles. The number of ether oxygens (including phenoxy) is 1. The van der Waals surface area contributed by atoms with E-state index in [-0.39, 0.29) is 5.60 Å². The lowest BCUT2D eigenvalue weighted by Crippen LogP contribution is -2.47. The van der Waals surface area contributed by atoms with E-state index >= 15 is 0 Å². The first kappa shape index (κ1) is 20.8. The zero-order chi connectivity index (χ0) is 22.3. The van der Waals surface area contributed by atoms with E-state index in [2.05, 4.69) is 53.3 Å². The van der Waals surface area contributed by atoms with Gasteiger partial charge in [-0.3, -0.25) is 5.10 Å². The fraction of sp³-hybridized carbons (Fsp3) is 0.583. The number of aromatic amines is 1. The van der Waals surface area contributed by atoms with Gasteiger partial charge in [0.25, 0.3) is 0 Å². The Hall–Kier alpha value is -2.78. The van der Waals surface area contributed by atoms with Crippen LogP contribution in [0.25, 0.3) is 22.3 Å². The number of piperidine rings is 1. The first-order valence-corrected chi connectivity index (χ1v) is 12.2. The van der Waals surface area contributed by atoms with Gasteiger partial charge in [-0.25, -0.2) is 15.0 Å². The maximum absolute atomic E-state index is 6.06. The monoisotopic (exact) mass is 448 g/mol. The predicted octanol–water partition coefficient (Wildman–Crippen LogP) is 2.47. The molecule has 0 aromatic carbocycles. The molecule has 0 bridgehead atoms. The summed E-state index contributed by atoms with van der Waals surface area (Å²) in [4.78, 5) is 18.6. The van der Waals surface area contributed by atoms with Crippen molar-refractivity contribution in [3.8, 4) is 17.3 Å². The number of hydrogen-bond acceptors (Lipinski definition) is 8. The second-order valence-electron chi connectivity index (χ2n) is 9.93. The number of anilines is 1. The van der Waals surface area contributed by atoms with E-state index in [4.69, 9.17) is 4.74 Å². The van der Waals surface area contributed by atoms with Gasteiger partial charge in [-0.05, 0) is 38.5 Å². The number of hydrogen-bond donors (Lipinski definition) is 2. The lowest BCUT2D eigenvalue weighted by Gasteiger charge is -2.36.